The van der Waals surface area contributed by atoms with E-state index >= 15 is 0 Å². The average molecular weight is 476 g/mol. The van der Waals surface area contributed by atoms with Crippen molar-refractivity contribution >= 4 is 16.6 Å². The van der Waals surface area contributed by atoms with Crippen molar-refractivity contribution in [1.82, 2.24) is 9.88 Å². The van der Waals surface area contributed by atoms with Gasteiger partial charge in [-0.15, -0.1) is 6.42 Å². The molecule has 1 spiro atoms. The largest absolute Gasteiger partial charge is 0.380 e. The van der Waals surface area contributed by atoms with E-state index in [0.29, 0.717) is 18.1 Å². The number of fused-ring (bicyclic) bond motifs is 4. The van der Waals surface area contributed by atoms with Crippen molar-refractivity contribution in [2.24, 2.45) is 23.2 Å². The van der Waals surface area contributed by atoms with Gasteiger partial charge in [0.2, 0.25) is 0 Å². The van der Waals surface area contributed by atoms with E-state index in [1.165, 1.54) is 78.4 Å². The van der Waals surface area contributed by atoms with E-state index in [4.69, 9.17) is 6.42 Å². The normalized spacial score (nSPS) is 37.6. The van der Waals surface area contributed by atoms with Crippen molar-refractivity contribution in [3.8, 4) is 12.3 Å². The molecule has 4 aliphatic carbocycles. The molecule has 1 aromatic heterocycles. The maximum absolute atomic E-state index is 5.93. The summed E-state index contributed by atoms with van der Waals surface area (Å²) >= 11 is 0. The zero-order chi connectivity index (χ0) is 24.1. The number of terminal acetylenes is 1. The van der Waals surface area contributed by atoms with E-state index in [2.05, 4.69) is 76.6 Å². The first-order chi connectivity index (χ1) is 17.6. The summed E-state index contributed by atoms with van der Waals surface area (Å²) in [5.74, 6) is 6.08. The van der Waals surface area contributed by atoms with Crippen LogP contribution < -0.4 is 5.32 Å². The molecule has 184 valence electrons. The number of hydrogen-bond donors (Lipinski definition) is 2. The number of para-hydroxylation sites is 1. The number of aromatic nitrogens is 1. The molecule has 1 aliphatic heterocycles. The second kappa shape index (κ2) is 7.42. The van der Waals surface area contributed by atoms with E-state index < -0.39 is 0 Å². The van der Waals surface area contributed by atoms with Gasteiger partial charge in [-0.3, -0.25) is 4.90 Å². The van der Waals surface area contributed by atoms with Gasteiger partial charge in [0.05, 0.1) is 12.6 Å². The van der Waals surface area contributed by atoms with E-state index in [-0.39, 0.29) is 6.04 Å². The molecular weight excluding hydrogens is 438 g/mol. The Labute approximate surface area is 215 Å². The molecule has 36 heavy (non-hydrogen) atoms. The fraction of sp³-hybridized carbons (Fsp3) is 0.515. The van der Waals surface area contributed by atoms with Crippen LogP contribution in [0.2, 0.25) is 0 Å². The smallest absolute Gasteiger partial charge is 0.0767 e. The summed E-state index contributed by atoms with van der Waals surface area (Å²) in [7, 11) is 0. The Bertz CT molecular complexity index is 1360. The molecule has 0 radical (unpaired) electrons. The lowest BCUT2D eigenvalue weighted by molar-refractivity contribution is -0.175. The van der Waals surface area contributed by atoms with Gasteiger partial charge < -0.3 is 10.3 Å². The van der Waals surface area contributed by atoms with E-state index in [1.807, 2.05) is 0 Å². The highest BCUT2D eigenvalue weighted by Gasteiger charge is 2.77. The summed E-state index contributed by atoms with van der Waals surface area (Å²) in [6, 6.07) is 18.9. The molecule has 8 rings (SSSR count). The van der Waals surface area contributed by atoms with E-state index in [1.54, 1.807) is 0 Å². The highest BCUT2D eigenvalue weighted by molar-refractivity contribution is 5.85. The van der Waals surface area contributed by atoms with Crippen molar-refractivity contribution in [3.63, 3.8) is 0 Å². The molecule has 4 fully saturated rings. The Hall–Kier alpha value is -2.70. The van der Waals surface area contributed by atoms with Crippen LogP contribution in [0.25, 0.3) is 10.9 Å². The van der Waals surface area contributed by atoms with Gasteiger partial charge >= 0.3 is 0 Å². The number of rotatable bonds is 6. The second-order valence-corrected chi connectivity index (χ2v) is 12.8. The van der Waals surface area contributed by atoms with Gasteiger partial charge in [0.15, 0.2) is 0 Å². The maximum atomic E-state index is 5.93. The lowest BCUT2D eigenvalue weighted by atomic mass is 9.38. The summed E-state index contributed by atoms with van der Waals surface area (Å²) < 4.78 is 0. The molecule has 2 aromatic carbocycles. The fourth-order valence-corrected chi connectivity index (χ4v) is 9.97. The molecular formula is C33H37N3. The molecule has 4 saturated carbocycles. The van der Waals surface area contributed by atoms with Crippen LogP contribution >= 0.6 is 0 Å². The Morgan fingerprint density at radius 3 is 2.53 bits per heavy atom. The molecule has 0 amide bonds. The third kappa shape index (κ3) is 2.69. The van der Waals surface area contributed by atoms with Crippen molar-refractivity contribution < 1.29 is 0 Å². The molecule has 3 heteroatoms. The number of nitrogens with zero attached hydrogens (tertiary/aromatic N) is 1. The lowest BCUT2D eigenvalue weighted by Gasteiger charge is -2.66. The van der Waals surface area contributed by atoms with Crippen molar-refractivity contribution in [2.45, 2.75) is 75.9 Å². The lowest BCUT2D eigenvalue weighted by Crippen LogP contribution is -2.59. The van der Waals surface area contributed by atoms with Crippen LogP contribution in [0.3, 0.4) is 0 Å². The minimum atomic E-state index is 0.172. The van der Waals surface area contributed by atoms with Crippen molar-refractivity contribution in [3.05, 3.63) is 65.4 Å². The zero-order valence-corrected chi connectivity index (χ0v) is 21.4. The standard InChI is InChI=1S/C33H37N3/c1-3-7-26-17-28-27-8-5-6-9-29(27)34-30(28)31(36(26)14-4-2)21-10-12-25(13-11-21)35-32-18-23-15-22-16-24(19-32)33(22,23)20-32/h2,5-6,8-13,22-24,26,31,34-35H,3,7,14-20H2,1H3/t22?,23?,24?,26-,31-,32?,33?/m0/s1. The number of benzene rings is 2. The maximum Gasteiger partial charge on any atom is 0.0767 e. The predicted octanol–water partition coefficient (Wildman–Crippen LogP) is 6.91. The van der Waals surface area contributed by atoms with Gasteiger partial charge in [0.1, 0.15) is 0 Å². The van der Waals surface area contributed by atoms with Crippen LogP contribution in [-0.2, 0) is 6.42 Å². The third-order valence-electron chi connectivity index (χ3n) is 11.2. The molecule has 2 unspecified atom stereocenters. The Morgan fingerprint density at radius 1 is 1.06 bits per heavy atom. The number of anilines is 1. The quantitative estimate of drug-likeness (QED) is 0.380. The Morgan fingerprint density at radius 2 is 1.83 bits per heavy atom. The SMILES string of the molecule is C#CCN1[C@@H](CCC)Cc2c([nH]c3ccccc23)[C@@H]1c1ccc(NC23CC4CC5CC(C2)C54C3)cc1. The highest BCUT2D eigenvalue weighted by Crippen LogP contribution is 2.82. The van der Waals surface area contributed by atoms with Gasteiger partial charge in [-0.2, -0.15) is 0 Å². The summed E-state index contributed by atoms with van der Waals surface area (Å²) in [5.41, 5.74) is 7.83. The topological polar surface area (TPSA) is 31.1 Å². The molecule has 2 N–H and O–H groups in total. The summed E-state index contributed by atoms with van der Waals surface area (Å²) in [6.07, 6.45) is 16.6. The number of hydrogen-bond acceptors (Lipinski definition) is 2. The van der Waals surface area contributed by atoms with Crippen LogP contribution in [0.5, 0.6) is 0 Å². The van der Waals surface area contributed by atoms with Crippen LogP contribution in [0.4, 0.5) is 5.69 Å². The second-order valence-electron chi connectivity index (χ2n) is 12.8. The number of H-pyrrole nitrogens is 1. The van der Waals surface area contributed by atoms with Gasteiger partial charge in [-0.05, 0) is 97.4 Å². The van der Waals surface area contributed by atoms with E-state index in [9.17, 15) is 0 Å². The van der Waals surface area contributed by atoms with Crippen molar-refractivity contribution in [1.29, 1.82) is 0 Å². The van der Waals surface area contributed by atoms with Crippen LogP contribution in [0.15, 0.2) is 48.5 Å². The Balaban J connectivity index is 1.14. The molecule has 4 atom stereocenters. The first kappa shape index (κ1) is 21.4. The highest BCUT2D eigenvalue weighted by atomic mass is 15.2. The number of aromatic amines is 1. The van der Waals surface area contributed by atoms with Crippen LogP contribution in [0.1, 0.15) is 74.7 Å². The fourth-order valence-electron chi connectivity index (χ4n) is 9.97. The van der Waals surface area contributed by atoms with E-state index in [0.717, 1.165) is 29.6 Å². The first-order valence-corrected chi connectivity index (χ1v) is 14.3. The van der Waals surface area contributed by atoms with Gasteiger partial charge in [0, 0.05) is 33.9 Å². The number of nitrogens with one attached hydrogen (secondary N) is 2. The van der Waals surface area contributed by atoms with Crippen LogP contribution in [0, 0.1) is 35.5 Å². The van der Waals surface area contributed by atoms with Crippen LogP contribution in [-0.4, -0.2) is 28.0 Å². The molecule has 2 heterocycles. The minimum absolute atomic E-state index is 0.172. The summed E-state index contributed by atoms with van der Waals surface area (Å²) in [4.78, 5) is 6.38. The van der Waals surface area contributed by atoms with Gasteiger partial charge in [-0.1, -0.05) is 49.6 Å². The molecule has 3 nitrogen and oxygen atoms in total. The molecule has 2 bridgehead atoms. The monoisotopic (exact) mass is 475 g/mol. The molecule has 0 saturated heterocycles. The van der Waals surface area contributed by atoms with Gasteiger partial charge in [-0.25, -0.2) is 0 Å². The summed E-state index contributed by atoms with van der Waals surface area (Å²) in [5, 5.41) is 5.46. The van der Waals surface area contributed by atoms with Gasteiger partial charge in [0.25, 0.3) is 0 Å². The minimum Gasteiger partial charge on any atom is -0.380 e. The first-order valence-electron chi connectivity index (χ1n) is 14.3. The molecule has 5 aliphatic rings. The summed E-state index contributed by atoms with van der Waals surface area (Å²) in [6.45, 7) is 2.97. The van der Waals surface area contributed by atoms with Crippen molar-refractivity contribution in [2.75, 3.05) is 11.9 Å². The average Bonchev–Trinajstić information content (AvgIpc) is 3.49. The predicted molar refractivity (Wildman–Crippen MR) is 147 cm³/mol. The third-order valence-corrected chi connectivity index (χ3v) is 11.2. The molecule has 3 aromatic rings. The Kier molecular flexibility index (Phi) is 4.41. The zero-order valence-electron chi connectivity index (χ0n) is 21.4.